The highest BCUT2D eigenvalue weighted by Crippen LogP contribution is 2.21. The van der Waals surface area contributed by atoms with Crippen molar-refractivity contribution in [2.24, 2.45) is 0 Å². The molecule has 0 saturated heterocycles. The molecule has 0 spiro atoms. The topological polar surface area (TPSA) is 81.5 Å². The molecule has 0 aliphatic heterocycles. The molecule has 19 heavy (non-hydrogen) atoms. The zero-order chi connectivity index (χ0) is 14.6. The fraction of sp³-hybridized carbons (Fsp3) is 0.222. The van der Waals surface area contributed by atoms with Gasteiger partial charge in [-0.05, 0) is 6.07 Å². The van der Waals surface area contributed by atoms with Crippen LogP contribution in [0.4, 0.5) is 33.7 Å². The number of nitro groups is 1. The van der Waals surface area contributed by atoms with E-state index in [9.17, 15) is 32.5 Å². The number of ether oxygens (including phenoxy) is 1. The fourth-order valence-electron chi connectivity index (χ4n) is 1.02. The van der Waals surface area contributed by atoms with E-state index in [-0.39, 0.29) is 0 Å². The van der Waals surface area contributed by atoms with Crippen molar-refractivity contribution in [2.45, 2.75) is 6.18 Å². The Balaban J connectivity index is 2.73. The summed E-state index contributed by atoms with van der Waals surface area (Å²) in [6.07, 6.45) is -6.30. The third kappa shape index (κ3) is 4.77. The Hall–Kier alpha value is -2.39. The summed E-state index contributed by atoms with van der Waals surface area (Å²) in [5.41, 5.74) is -1.19. The Kier molecular flexibility index (Phi) is 4.25. The number of nitrogens with one attached hydrogen (secondary N) is 1. The Morgan fingerprint density at radius 2 is 2.05 bits per heavy atom. The van der Waals surface area contributed by atoms with Crippen LogP contribution in [-0.2, 0) is 4.74 Å². The average Bonchev–Trinajstić information content (AvgIpc) is 2.28. The van der Waals surface area contributed by atoms with Gasteiger partial charge in [0.1, 0.15) is 5.82 Å². The van der Waals surface area contributed by atoms with Crippen molar-refractivity contribution < 1.29 is 32.0 Å². The van der Waals surface area contributed by atoms with Crippen molar-refractivity contribution in [2.75, 3.05) is 11.9 Å². The molecular formula is C9H6F4N2O4. The summed E-state index contributed by atoms with van der Waals surface area (Å²) < 4.78 is 52.1. The highest BCUT2D eigenvalue weighted by molar-refractivity contribution is 5.85. The predicted octanol–water partition coefficient (Wildman–Crippen LogP) is 2.84. The summed E-state index contributed by atoms with van der Waals surface area (Å²) in [6.45, 7) is -1.85. The summed E-state index contributed by atoms with van der Waals surface area (Å²) >= 11 is 0. The van der Waals surface area contributed by atoms with Gasteiger partial charge in [0.25, 0.3) is 5.69 Å². The van der Waals surface area contributed by atoms with E-state index in [0.717, 1.165) is 6.07 Å². The summed E-state index contributed by atoms with van der Waals surface area (Å²) in [4.78, 5) is 20.5. The maximum Gasteiger partial charge on any atom is 0.422 e. The lowest BCUT2D eigenvalue weighted by Crippen LogP contribution is -2.23. The fourth-order valence-corrected chi connectivity index (χ4v) is 1.02. The number of anilines is 1. The first kappa shape index (κ1) is 14.7. The minimum atomic E-state index is -4.72. The molecule has 0 fully saturated rings. The van der Waals surface area contributed by atoms with Crippen LogP contribution in [0.2, 0.25) is 0 Å². The standard InChI is InChI=1S/C9H6F4N2O4/c10-6-2-1-5(15(17)18)3-7(6)14-8(16)19-4-9(11,12)13/h1-3H,4H2,(H,14,16). The number of alkyl halides is 3. The summed E-state index contributed by atoms with van der Waals surface area (Å²) in [5.74, 6) is -1.05. The van der Waals surface area contributed by atoms with Gasteiger partial charge in [-0.2, -0.15) is 13.2 Å². The molecule has 104 valence electrons. The first-order valence-electron chi connectivity index (χ1n) is 4.63. The summed E-state index contributed by atoms with van der Waals surface area (Å²) in [5, 5.41) is 12.0. The van der Waals surface area contributed by atoms with Crippen LogP contribution in [0.1, 0.15) is 0 Å². The van der Waals surface area contributed by atoms with E-state index in [1.807, 2.05) is 0 Å². The molecule has 0 unspecified atom stereocenters. The zero-order valence-corrected chi connectivity index (χ0v) is 9.03. The zero-order valence-electron chi connectivity index (χ0n) is 9.03. The van der Waals surface area contributed by atoms with Crippen LogP contribution in [0, 0.1) is 15.9 Å². The highest BCUT2D eigenvalue weighted by Gasteiger charge is 2.29. The molecule has 1 aromatic rings. The quantitative estimate of drug-likeness (QED) is 0.525. The molecule has 0 aliphatic carbocycles. The number of rotatable bonds is 3. The van der Waals surface area contributed by atoms with E-state index in [1.54, 1.807) is 5.32 Å². The Morgan fingerprint density at radius 3 is 2.58 bits per heavy atom. The number of halogens is 4. The molecule has 0 heterocycles. The second kappa shape index (κ2) is 5.50. The lowest BCUT2D eigenvalue weighted by Gasteiger charge is -2.09. The Labute approximate surface area is 103 Å². The average molecular weight is 282 g/mol. The van der Waals surface area contributed by atoms with Gasteiger partial charge in [0.2, 0.25) is 0 Å². The molecule has 1 aromatic carbocycles. The van der Waals surface area contributed by atoms with Crippen molar-refractivity contribution in [3.8, 4) is 0 Å². The van der Waals surface area contributed by atoms with Crippen molar-refractivity contribution >= 4 is 17.5 Å². The number of carbonyl (C=O) groups is 1. The van der Waals surface area contributed by atoms with Gasteiger partial charge in [-0.15, -0.1) is 0 Å². The normalized spacial score (nSPS) is 10.9. The summed E-state index contributed by atoms with van der Waals surface area (Å²) in [7, 11) is 0. The van der Waals surface area contributed by atoms with Crippen molar-refractivity contribution in [3.63, 3.8) is 0 Å². The van der Waals surface area contributed by atoms with E-state index in [0.29, 0.717) is 12.1 Å². The van der Waals surface area contributed by atoms with Gasteiger partial charge in [0, 0.05) is 12.1 Å². The van der Waals surface area contributed by atoms with Crippen LogP contribution in [0.5, 0.6) is 0 Å². The second-order valence-corrected chi connectivity index (χ2v) is 3.24. The molecular weight excluding hydrogens is 276 g/mol. The van der Waals surface area contributed by atoms with E-state index in [4.69, 9.17) is 0 Å². The molecule has 6 nitrogen and oxygen atoms in total. The lowest BCUT2D eigenvalue weighted by molar-refractivity contribution is -0.384. The highest BCUT2D eigenvalue weighted by atomic mass is 19.4. The van der Waals surface area contributed by atoms with E-state index < -0.39 is 41.0 Å². The minimum absolute atomic E-state index is 0.535. The molecule has 10 heteroatoms. The number of amides is 1. The van der Waals surface area contributed by atoms with E-state index >= 15 is 0 Å². The molecule has 0 aliphatic rings. The largest absolute Gasteiger partial charge is 0.440 e. The molecule has 0 aromatic heterocycles. The van der Waals surface area contributed by atoms with Crippen LogP contribution in [0.25, 0.3) is 0 Å². The van der Waals surface area contributed by atoms with Crippen molar-refractivity contribution in [3.05, 3.63) is 34.1 Å². The molecule has 0 atom stereocenters. The number of nitrogens with zero attached hydrogens (tertiary/aromatic N) is 1. The Morgan fingerprint density at radius 1 is 1.42 bits per heavy atom. The number of nitro benzene ring substituents is 1. The van der Waals surface area contributed by atoms with Gasteiger partial charge in [-0.3, -0.25) is 15.4 Å². The summed E-state index contributed by atoms with van der Waals surface area (Å²) in [6, 6.07) is 2.18. The van der Waals surface area contributed by atoms with Crippen LogP contribution in [-0.4, -0.2) is 23.8 Å². The molecule has 0 radical (unpaired) electrons. The van der Waals surface area contributed by atoms with Gasteiger partial charge in [0.15, 0.2) is 6.61 Å². The van der Waals surface area contributed by atoms with Gasteiger partial charge >= 0.3 is 12.3 Å². The van der Waals surface area contributed by atoms with Gasteiger partial charge < -0.3 is 4.74 Å². The van der Waals surface area contributed by atoms with Crippen LogP contribution < -0.4 is 5.32 Å². The number of carbonyl (C=O) groups excluding carboxylic acids is 1. The van der Waals surface area contributed by atoms with Crippen LogP contribution in [0.15, 0.2) is 18.2 Å². The smallest absolute Gasteiger partial charge is 0.422 e. The van der Waals surface area contributed by atoms with Crippen LogP contribution >= 0.6 is 0 Å². The van der Waals surface area contributed by atoms with Gasteiger partial charge in [0.05, 0.1) is 10.6 Å². The number of non-ortho nitro benzene ring substituents is 1. The van der Waals surface area contributed by atoms with E-state index in [1.165, 1.54) is 0 Å². The SMILES string of the molecule is O=C(Nc1cc([N+](=O)[O-])ccc1F)OCC(F)(F)F. The first-order valence-corrected chi connectivity index (χ1v) is 4.63. The molecule has 0 saturated carbocycles. The second-order valence-electron chi connectivity index (χ2n) is 3.24. The maximum atomic E-state index is 13.2. The predicted molar refractivity (Wildman–Crippen MR) is 54.1 cm³/mol. The number of hydrogen-bond acceptors (Lipinski definition) is 4. The van der Waals surface area contributed by atoms with Crippen LogP contribution in [0.3, 0.4) is 0 Å². The minimum Gasteiger partial charge on any atom is -0.440 e. The monoisotopic (exact) mass is 282 g/mol. The first-order chi connectivity index (χ1) is 8.69. The molecule has 1 amide bonds. The third-order valence-electron chi connectivity index (χ3n) is 1.76. The molecule has 0 bridgehead atoms. The number of benzene rings is 1. The lowest BCUT2D eigenvalue weighted by atomic mass is 10.2. The van der Waals surface area contributed by atoms with Gasteiger partial charge in [-0.25, -0.2) is 9.18 Å². The third-order valence-corrected chi connectivity index (χ3v) is 1.76. The molecule has 1 N–H and O–H groups in total. The maximum absolute atomic E-state index is 13.2. The van der Waals surface area contributed by atoms with Crippen molar-refractivity contribution in [1.29, 1.82) is 0 Å². The Bertz CT molecular complexity index is 503. The van der Waals surface area contributed by atoms with E-state index in [2.05, 4.69) is 4.74 Å². The molecule has 1 rings (SSSR count). The van der Waals surface area contributed by atoms with Gasteiger partial charge in [-0.1, -0.05) is 0 Å². The number of hydrogen-bond donors (Lipinski definition) is 1. The van der Waals surface area contributed by atoms with Crippen molar-refractivity contribution in [1.82, 2.24) is 0 Å².